The smallest absolute Gasteiger partial charge is 0.115 e. The molecular formula is C18H21Cl2NO. The third-order valence-electron chi connectivity index (χ3n) is 3.61. The van der Waals surface area contributed by atoms with Crippen LogP contribution in [0.3, 0.4) is 0 Å². The first-order valence-corrected chi connectivity index (χ1v) is 8.09. The van der Waals surface area contributed by atoms with Crippen molar-refractivity contribution in [3.63, 3.8) is 0 Å². The zero-order valence-corrected chi connectivity index (χ0v) is 14.5. The van der Waals surface area contributed by atoms with Gasteiger partial charge in [-0.05, 0) is 37.1 Å². The summed E-state index contributed by atoms with van der Waals surface area (Å²) in [4.78, 5) is 0. The van der Waals surface area contributed by atoms with Gasteiger partial charge in [-0.1, -0.05) is 55.2 Å². The van der Waals surface area contributed by atoms with Gasteiger partial charge < -0.3 is 10.4 Å². The molecule has 1 unspecified atom stereocenters. The van der Waals surface area contributed by atoms with Crippen molar-refractivity contribution in [3.8, 4) is 0 Å². The molecule has 2 nitrogen and oxygen atoms in total. The molecule has 2 aromatic rings. The Balaban J connectivity index is 2.49. The Morgan fingerprint density at radius 1 is 1.09 bits per heavy atom. The van der Waals surface area contributed by atoms with Crippen LogP contribution in [-0.2, 0) is 5.60 Å². The molecule has 22 heavy (non-hydrogen) atoms. The van der Waals surface area contributed by atoms with Gasteiger partial charge in [0.1, 0.15) is 5.60 Å². The minimum absolute atomic E-state index is 0.494. The molecule has 0 fully saturated rings. The normalized spacial score (nSPS) is 14.0. The molecule has 0 spiro atoms. The van der Waals surface area contributed by atoms with Crippen LogP contribution in [0.4, 0.5) is 5.69 Å². The fourth-order valence-corrected chi connectivity index (χ4v) is 2.88. The molecule has 0 aliphatic heterocycles. The predicted molar refractivity (Wildman–Crippen MR) is 94.9 cm³/mol. The molecule has 0 saturated heterocycles. The first-order valence-electron chi connectivity index (χ1n) is 7.33. The quantitative estimate of drug-likeness (QED) is 0.774. The van der Waals surface area contributed by atoms with E-state index in [-0.39, 0.29) is 0 Å². The number of halogens is 2. The molecule has 0 aliphatic rings. The number of nitrogens with one attached hydrogen (secondary N) is 1. The summed E-state index contributed by atoms with van der Waals surface area (Å²) < 4.78 is 0. The molecule has 2 aromatic carbocycles. The van der Waals surface area contributed by atoms with E-state index in [2.05, 4.69) is 19.2 Å². The Hall–Kier alpha value is -1.22. The van der Waals surface area contributed by atoms with Gasteiger partial charge in [-0.2, -0.15) is 0 Å². The first-order chi connectivity index (χ1) is 10.3. The Bertz CT molecular complexity index is 653. The van der Waals surface area contributed by atoms with Gasteiger partial charge in [0.15, 0.2) is 0 Å². The van der Waals surface area contributed by atoms with Gasteiger partial charge in [-0.3, -0.25) is 0 Å². The Kier molecular flexibility index (Phi) is 5.38. The molecule has 118 valence electrons. The summed E-state index contributed by atoms with van der Waals surface area (Å²) in [6.45, 7) is 6.82. The number of hydrogen-bond donors (Lipinski definition) is 2. The van der Waals surface area contributed by atoms with Gasteiger partial charge in [0, 0.05) is 33.4 Å². The maximum absolute atomic E-state index is 11.1. The summed E-state index contributed by atoms with van der Waals surface area (Å²) in [7, 11) is 0. The van der Waals surface area contributed by atoms with Crippen LogP contribution < -0.4 is 5.32 Å². The zero-order valence-electron chi connectivity index (χ0n) is 13.0. The summed E-state index contributed by atoms with van der Waals surface area (Å²) in [5.74, 6) is 0.494. The van der Waals surface area contributed by atoms with Crippen molar-refractivity contribution in [1.29, 1.82) is 0 Å². The average molecular weight is 338 g/mol. The number of rotatable bonds is 5. The van der Waals surface area contributed by atoms with E-state index in [4.69, 9.17) is 23.2 Å². The van der Waals surface area contributed by atoms with Gasteiger partial charge in [-0.15, -0.1) is 0 Å². The molecule has 0 aromatic heterocycles. The Morgan fingerprint density at radius 2 is 1.77 bits per heavy atom. The van der Waals surface area contributed by atoms with Crippen LogP contribution in [0.15, 0.2) is 42.5 Å². The minimum atomic E-state index is -1.23. The minimum Gasteiger partial charge on any atom is -0.384 e. The highest BCUT2D eigenvalue weighted by Crippen LogP contribution is 2.38. The molecule has 0 heterocycles. The van der Waals surface area contributed by atoms with Crippen LogP contribution in [0.2, 0.25) is 10.0 Å². The van der Waals surface area contributed by atoms with Gasteiger partial charge in [0.2, 0.25) is 0 Å². The number of benzene rings is 2. The zero-order chi connectivity index (χ0) is 16.3. The average Bonchev–Trinajstić information content (AvgIpc) is 2.46. The van der Waals surface area contributed by atoms with E-state index in [9.17, 15) is 5.11 Å². The third-order valence-corrected chi connectivity index (χ3v) is 4.17. The van der Waals surface area contributed by atoms with E-state index in [0.717, 1.165) is 12.2 Å². The lowest BCUT2D eigenvalue weighted by atomic mass is 9.87. The highest BCUT2D eigenvalue weighted by molar-refractivity contribution is 6.31. The van der Waals surface area contributed by atoms with Crippen LogP contribution in [0.5, 0.6) is 0 Å². The molecule has 4 heteroatoms. The highest BCUT2D eigenvalue weighted by Gasteiger charge is 2.30. The van der Waals surface area contributed by atoms with Crippen LogP contribution >= 0.6 is 23.2 Å². The molecule has 0 amide bonds. The van der Waals surface area contributed by atoms with E-state index in [0.29, 0.717) is 27.1 Å². The van der Waals surface area contributed by atoms with Crippen molar-refractivity contribution < 1.29 is 5.11 Å². The lowest BCUT2D eigenvalue weighted by Gasteiger charge is -2.28. The maximum atomic E-state index is 11.1. The van der Waals surface area contributed by atoms with Gasteiger partial charge in [0.25, 0.3) is 0 Å². The number of hydrogen-bond acceptors (Lipinski definition) is 2. The van der Waals surface area contributed by atoms with E-state index >= 15 is 0 Å². The number of aliphatic hydroxyl groups is 1. The van der Waals surface area contributed by atoms with Crippen molar-refractivity contribution in [2.24, 2.45) is 5.92 Å². The summed E-state index contributed by atoms with van der Waals surface area (Å²) in [6.07, 6.45) is 0. The SMILES string of the molecule is CC(C)CNc1ccc(Cl)cc1C(C)(O)c1ccccc1Cl. The van der Waals surface area contributed by atoms with Crippen LogP contribution in [0.25, 0.3) is 0 Å². The van der Waals surface area contributed by atoms with E-state index in [1.165, 1.54) is 0 Å². The molecular weight excluding hydrogens is 317 g/mol. The molecule has 0 aliphatic carbocycles. The monoisotopic (exact) mass is 337 g/mol. The maximum Gasteiger partial charge on any atom is 0.115 e. The predicted octanol–water partition coefficient (Wildman–Crippen LogP) is 5.32. The standard InChI is InChI=1S/C18H21Cl2NO/c1-12(2)11-21-17-9-8-13(19)10-15(17)18(3,22)14-6-4-5-7-16(14)20/h4-10,12,21-22H,11H2,1-3H3. The second-order valence-corrected chi connectivity index (χ2v) is 6.86. The highest BCUT2D eigenvalue weighted by atomic mass is 35.5. The van der Waals surface area contributed by atoms with Gasteiger partial charge in [0.05, 0.1) is 0 Å². The molecule has 1 atom stereocenters. The summed E-state index contributed by atoms with van der Waals surface area (Å²) >= 11 is 12.4. The van der Waals surface area contributed by atoms with Crippen molar-refractivity contribution in [1.82, 2.24) is 0 Å². The second kappa shape index (κ2) is 6.91. The fourth-order valence-electron chi connectivity index (χ4n) is 2.39. The van der Waals surface area contributed by atoms with Gasteiger partial charge in [-0.25, -0.2) is 0 Å². The summed E-state index contributed by atoms with van der Waals surface area (Å²) in [5.41, 5.74) is 1.01. The van der Waals surface area contributed by atoms with Gasteiger partial charge >= 0.3 is 0 Å². The molecule has 0 radical (unpaired) electrons. The van der Waals surface area contributed by atoms with Crippen LogP contribution in [0.1, 0.15) is 31.9 Å². The fraction of sp³-hybridized carbons (Fsp3) is 0.333. The molecule has 0 bridgehead atoms. The summed E-state index contributed by atoms with van der Waals surface area (Å²) in [5, 5.41) is 15.6. The largest absolute Gasteiger partial charge is 0.384 e. The third kappa shape index (κ3) is 3.75. The van der Waals surface area contributed by atoms with E-state index in [1.807, 2.05) is 30.3 Å². The van der Waals surface area contributed by atoms with Crippen LogP contribution in [0, 0.1) is 5.92 Å². The van der Waals surface area contributed by atoms with E-state index < -0.39 is 5.60 Å². The molecule has 2 N–H and O–H groups in total. The topological polar surface area (TPSA) is 32.3 Å². The Labute approximate surface area is 142 Å². The number of anilines is 1. The van der Waals surface area contributed by atoms with E-state index in [1.54, 1.807) is 19.1 Å². The first kappa shape index (κ1) is 17.1. The molecule has 2 rings (SSSR count). The second-order valence-electron chi connectivity index (χ2n) is 6.02. The van der Waals surface area contributed by atoms with Crippen molar-refractivity contribution >= 4 is 28.9 Å². The lowest BCUT2D eigenvalue weighted by Crippen LogP contribution is -2.25. The van der Waals surface area contributed by atoms with Crippen molar-refractivity contribution in [3.05, 3.63) is 63.6 Å². The van der Waals surface area contributed by atoms with Crippen LogP contribution in [-0.4, -0.2) is 11.7 Å². The lowest BCUT2D eigenvalue weighted by molar-refractivity contribution is 0.103. The van der Waals surface area contributed by atoms with Crippen molar-refractivity contribution in [2.75, 3.05) is 11.9 Å². The Morgan fingerprint density at radius 3 is 2.41 bits per heavy atom. The molecule has 0 saturated carbocycles. The summed E-state index contributed by atoms with van der Waals surface area (Å²) in [6, 6.07) is 12.8. The van der Waals surface area contributed by atoms with Crippen molar-refractivity contribution in [2.45, 2.75) is 26.4 Å².